The van der Waals surface area contributed by atoms with Crippen LogP contribution in [0.2, 0.25) is 0 Å². The minimum absolute atomic E-state index is 0.0721. The van der Waals surface area contributed by atoms with Gasteiger partial charge in [-0.25, -0.2) is 14.6 Å². The molecule has 1 aliphatic heterocycles. The number of anilines is 2. The lowest BCUT2D eigenvalue weighted by Crippen LogP contribution is -2.49. The second-order valence-electron chi connectivity index (χ2n) is 5.26. The normalized spacial score (nSPS) is 15.6. The van der Waals surface area contributed by atoms with Crippen LogP contribution in [-0.4, -0.2) is 68.3 Å². The van der Waals surface area contributed by atoms with Crippen LogP contribution in [0, 0.1) is 0 Å². The summed E-state index contributed by atoms with van der Waals surface area (Å²) in [6.07, 6.45) is 4.93. The Kier molecular flexibility index (Phi) is 4.77. The molecule has 1 saturated heterocycles. The molecular weight excluding hydrogens is 296 g/mol. The molecular formula is C14H20N8O. The van der Waals surface area contributed by atoms with E-state index >= 15 is 0 Å². The summed E-state index contributed by atoms with van der Waals surface area (Å²) in [5.74, 6) is 1.17. The molecule has 9 nitrogen and oxygen atoms in total. The molecule has 1 aliphatic rings. The number of aryl methyl sites for hydroxylation is 1. The van der Waals surface area contributed by atoms with Crippen LogP contribution < -0.4 is 10.2 Å². The number of nitrogens with one attached hydrogen (secondary N) is 1. The fourth-order valence-corrected chi connectivity index (χ4v) is 2.52. The average molecular weight is 316 g/mol. The maximum absolute atomic E-state index is 12.1. The molecule has 3 rings (SSSR count). The maximum Gasteiger partial charge on any atom is 0.240 e. The van der Waals surface area contributed by atoms with Crippen LogP contribution >= 0.6 is 0 Å². The van der Waals surface area contributed by atoms with Gasteiger partial charge >= 0.3 is 0 Å². The van der Waals surface area contributed by atoms with E-state index in [-0.39, 0.29) is 5.91 Å². The number of hydrogen-bond acceptors (Lipinski definition) is 7. The van der Waals surface area contributed by atoms with Crippen LogP contribution in [-0.2, 0) is 11.3 Å². The predicted molar refractivity (Wildman–Crippen MR) is 85.0 cm³/mol. The third-order valence-corrected chi connectivity index (χ3v) is 3.74. The second-order valence-corrected chi connectivity index (χ2v) is 5.26. The topological polar surface area (TPSA) is 92.1 Å². The maximum atomic E-state index is 12.1. The van der Waals surface area contributed by atoms with Gasteiger partial charge in [0.2, 0.25) is 17.8 Å². The minimum atomic E-state index is -0.0721. The molecule has 122 valence electrons. The zero-order chi connectivity index (χ0) is 16.1. The van der Waals surface area contributed by atoms with Crippen molar-refractivity contribution in [1.29, 1.82) is 0 Å². The Morgan fingerprint density at radius 2 is 1.91 bits per heavy atom. The Labute approximate surface area is 134 Å². The van der Waals surface area contributed by atoms with Gasteiger partial charge in [0.1, 0.15) is 6.33 Å². The molecule has 0 atom stereocenters. The lowest BCUT2D eigenvalue weighted by molar-refractivity contribution is -0.117. The van der Waals surface area contributed by atoms with Crippen molar-refractivity contribution in [3.8, 4) is 0 Å². The monoisotopic (exact) mass is 316 g/mol. The summed E-state index contributed by atoms with van der Waals surface area (Å²) in [5.41, 5.74) is 0. The molecule has 1 N–H and O–H groups in total. The number of aromatic nitrogens is 5. The van der Waals surface area contributed by atoms with Crippen molar-refractivity contribution in [3.05, 3.63) is 24.8 Å². The van der Waals surface area contributed by atoms with Crippen molar-refractivity contribution in [2.75, 3.05) is 42.9 Å². The second kappa shape index (κ2) is 7.14. The molecule has 0 aliphatic carbocycles. The zero-order valence-electron chi connectivity index (χ0n) is 13.1. The van der Waals surface area contributed by atoms with Crippen molar-refractivity contribution in [2.24, 2.45) is 0 Å². The van der Waals surface area contributed by atoms with Crippen LogP contribution in [0.15, 0.2) is 24.8 Å². The van der Waals surface area contributed by atoms with Crippen LogP contribution in [0.25, 0.3) is 0 Å². The highest BCUT2D eigenvalue weighted by Gasteiger charge is 2.21. The van der Waals surface area contributed by atoms with E-state index in [1.54, 1.807) is 23.1 Å². The third kappa shape index (κ3) is 3.81. The summed E-state index contributed by atoms with van der Waals surface area (Å²) in [4.78, 5) is 28.9. The fourth-order valence-electron chi connectivity index (χ4n) is 2.52. The summed E-state index contributed by atoms with van der Waals surface area (Å²) >= 11 is 0. The van der Waals surface area contributed by atoms with Gasteiger partial charge in [0, 0.05) is 45.1 Å². The van der Waals surface area contributed by atoms with Crippen LogP contribution in [0.1, 0.15) is 6.92 Å². The molecule has 3 heterocycles. The van der Waals surface area contributed by atoms with E-state index in [0.717, 1.165) is 32.1 Å². The van der Waals surface area contributed by atoms with Crippen molar-refractivity contribution < 1.29 is 4.79 Å². The lowest BCUT2D eigenvalue weighted by Gasteiger charge is -2.34. The molecule has 0 spiro atoms. The van der Waals surface area contributed by atoms with E-state index in [1.807, 2.05) is 6.92 Å². The molecule has 0 radical (unpaired) electrons. The number of nitrogens with zero attached hydrogens (tertiary/aromatic N) is 7. The van der Waals surface area contributed by atoms with Gasteiger partial charge in [-0.2, -0.15) is 10.1 Å². The summed E-state index contributed by atoms with van der Waals surface area (Å²) in [6.45, 7) is 6.18. The predicted octanol–water partition coefficient (Wildman–Crippen LogP) is -0.151. The summed E-state index contributed by atoms with van der Waals surface area (Å²) < 4.78 is 1.66. The number of hydrogen-bond donors (Lipinski definition) is 1. The fraction of sp³-hybridized carbons (Fsp3) is 0.500. The van der Waals surface area contributed by atoms with Crippen molar-refractivity contribution in [1.82, 2.24) is 29.6 Å². The standard InChI is InChI=1S/C14H20N8O/c1-2-22-14(17-11-18-22)19-12(23)10-20-6-8-21(9-7-20)13-15-4-3-5-16-13/h3-5,11H,2,6-10H2,1H3,(H,17,18,19,23). The number of rotatable bonds is 5. The minimum Gasteiger partial charge on any atom is -0.338 e. The van der Waals surface area contributed by atoms with Crippen molar-refractivity contribution in [3.63, 3.8) is 0 Å². The lowest BCUT2D eigenvalue weighted by atomic mass is 10.3. The van der Waals surface area contributed by atoms with Crippen molar-refractivity contribution in [2.45, 2.75) is 13.5 Å². The van der Waals surface area contributed by atoms with Gasteiger partial charge in [0.05, 0.1) is 6.54 Å². The SMILES string of the molecule is CCn1ncnc1NC(=O)CN1CCN(c2ncccn2)CC1. The van der Waals surface area contributed by atoms with Gasteiger partial charge in [-0.15, -0.1) is 0 Å². The highest BCUT2D eigenvalue weighted by Crippen LogP contribution is 2.09. The first-order valence-electron chi connectivity index (χ1n) is 7.68. The number of carbonyl (C=O) groups excluding carboxylic acids is 1. The highest BCUT2D eigenvalue weighted by atomic mass is 16.2. The summed E-state index contributed by atoms with van der Waals surface area (Å²) in [6, 6.07) is 1.80. The molecule has 1 fully saturated rings. The largest absolute Gasteiger partial charge is 0.338 e. The zero-order valence-corrected chi connectivity index (χ0v) is 13.1. The number of carbonyl (C=O) groups is 1. The summed E-state index contributed by atoms with van der Waals surface area (Å²) in [7, 11) is 0. The average Bonchev–Trinajstić information content (AvgIpc) is 3.03. The molecule has 23 heavy (non-hydrogen) atoms. The van der Waals surface area contributed by atoms with E-state index < -0.39 is 0 Å². The van der Waals surface area contributed by atoms with E-state index in [9.17, 15) is 4.79 Å². The first-order valence-corrected chi connectivity index (χ1v) is 7.68. The number of amides is 1. The first kappa shape index (κ1) is 15.3. The smallest absolute Gasteiger partial charge is 0.240 e. The van der Waals surface area contributed by atoms with Gasteiger partial charge in [0.25, 0.3) is 0 Å². The van der Waals surface area contributed by atoms with Crippen LogP contribution in [0.3, 0.4) is 0 Å². The van der Waals surface area contributed by atoms with Crippen LogP contribution in [0.4, 0.5) is 11.9 Å². The van der Waals surface area contributed by atoms with Gasteiger partial charge in [-0.3, -0.25) is 15.0 Å². The van der Waals surface area contributed by atoms with Gasteiger partial charge in [-0.1, -0.05) is 0 Å². The number of piperazine rings is 1. The summed E-state index contributed by atoms with van der Waals surface area (Å²) in [5, 5.41) is 6.84. The molecule has 9 heteroatoms. The van der Waals surface area contributed by atoms with E-state index in [4.69, 9.17) is 0 Å². The van der Waals surface area contributed by atoms with E-state index in [1.165, 1.54) is 6.33 Å². The molecule has 1 amide bonds. The Balaban J connectivity index is 1.48. The van der Waals surface area contributed by atoms with E-state index in [2.05, 4.69) is 35.2 Å². The first-order chi connectivity index (χ1) is 11.3. The van der Waals surface area contributed by atoms with Gasteiger partial charge in [-0.05, 0) is 13.0 Å². The Bertz CT molecular complexity index is 635. The van der Waals surface area contributed by atoms with Gasteiger partial charge < -0.3 is 4.90 Å². The van der Waals surface area contributed by atoms with Crippen molar-refractivity contribution >= 4 is 17.8 Å². The Hall–Kier alpha value is -2.55. The van der Waals surface area contributed by atoms with Gasteiger partial charge in [0.15, 0.2) is 0 Å². The third-order valence-electron chi connectivity index (χ3n) is 3.74. The molecule has 2 aromatic rings. The quantitative estimate of drug-likeness (QED) is 0.820. The molecule has 0 unspecified atom stereocenters. The Morgan fingerprint density at radius 3 is 2.61 bits per heavy atom. The Morgan fingerprint density at radius 1 is 1.17 bits per heavy atom. The molecule has 2 aromatic heterocycles. The molecule has 0 saturated carbocycles. The molecule has 0 bridgehead atoms. The van der Waals surface area contributed by atoms with Crippen LogP contribution in [0.5, 0.6) is 0 Å². The van der Waals surface area contributed by atoms with E-state index in [0.29, 0.717) is 19.0 Å². The molecule has 0 aromatic carbocycles. The highest BCUT2D eigenvalue weighted by molar-refractivity contribution is 5.90.